The molecule has 1 aromatic carbocycles. The molecule has 2 aliphatic rings. The zero-order valence-electron chi connectivity index (χ0n) is 16.6. The number of amides is 1. The second-order valence-electron chi connectivity index (χ2n) is 7.89. The molecule has 0 radical (unpaired) electrons. The second-order valence-corrected chi connectivity index (χ2v) is 7.89. The molecule has 4 nitrogen and oxygen atoms in total. The third-order valence-corrected chi connectivity index (χ3v) is 6.12. The third-order valence-electron chi connectivity index (χ3n) is 6.12. The van der Waals surface area contributed by atoms with Crippen molar-refractivity contribution in [1.29, 1.82) is 0 Å². The van der Waals surface area contributed by atoms with Gasteiger partial charge in [0.15, 0.2) is 0 Å². The number of rotatable bonds is 3. The van der Waals surface area contributed by atoms with E-state index in [2.05, 4.69) is 22.1 Å². The summed E-state index contributed by atoms with van der Waals surface area (Å²) in [7, 11) is 0. The van der Waals surface area contributed by atoms with Crippen LogP contribution in [0.5, 0.6) is 0 Å². The summed E-state index contributed by atoms with van der Waals surface area (Å²) < 4.78 is 17.2. The molecular formula is C22H29ClFN3O. The number of nitrogens with zero attached hydrogens (tertiary/aromatic N) is 1. The van der Waals surface area contributed by atoms with E-state index < -0.39 is 0 Å². The highest BCUT2D eigenvalue weighted by Gasteiger charge is 2.24. The van der Waals surface area contributed by atoms with Gasteiger partial charge in [0, 0.05) is 24.0 Å². The van der Waals surface area contributed by atoms with Crippen LogP contribution in [0.2, 0.25) is 0 Å². The van der Waals surface area contributed by atoms with Gasteiger partial charge < -0.3 is 15.2 Å². The first-order valence-electron chi connectivity index (χ1n) is 10.1. The Morgan fingerprint density at radius 1 is 1.21 bits per heavy atom. The van der Waals surface area contributed by atoms with Gasteiger partial charge in [0.25, 0.3) is 5.91 Å². The fraction of sp³-hybridized carbons (Fsp3) is 0.500. The third kappa shape index (κ3) is 3.83. The molecule has 0 atom stereocenters. The zero-order chi connectivity index (χ0) is 19.0. The van der Waals surface area contributed by atoms with E-state index in [0.717, 1.165) is 29.1 Å². The Morgan fingerprint density at radius 2 is 1.96 bits per heavy atom. The topological polar surface area (TPSA) is 46.1 Å². The quantitative estimate of drug-likeness (QED) is 0.748. The van der Waals surface area contributed by atoms with Gasteiger partial charge >= 0.3 is 0 Å². The first-order chi connectivity index (χ1) is 13.1. The van der Waals surface area contributed by atoms with Crippen molar-refractivity contribution in [2.75, 3.05) is 11.9 Å². The van der Waals surface area contributed by atoms with Crippen LogP contribution in [-0.4, -0.2) is 17.0 Å². The predicted octanol–water partition coefficient (Wildman–Crippen LogP) is 5.07. The summed E-state index contributed by atoms with van der Waals surface area (Å²) >= 11 is 0. The molecule has 4 rings (SSSR count). The highest BCUT2D eigenvalue weighted by atomic mass is 35.5. The molecule has 0 bridgehead atoms. The van der Waals surface area contributed by atoms with E-state index in [0.29, 0.717) is 24.6 Å². The van der Waals surface area contributed by atoms with Crippen LogP contribution >= 0.6 is 12.4 Å². The van der Waals surface area contributed by atoms with Crippen LogP contribution < -0.4 is 10.6 Å². The molecule has 152 valence electrons. The van der Waals surface area contributed by atoms with Gasteiger partial charge in [-0.05, 0) is 62.9 Å². The minimum Gasteiger partial charge on any atom is -0.345 e. The molecule has 1 fully saturated rings. The van der Waals surface area contributed by atoms with E-state index in [9.17, 15) is 9.18 Å². The Labute approximate surface area is 172 Å². The summed E-state index contributed by atoms with van der Waals surface area (Å²) in [5.74, 6) is -0.513. The molecule has 2 heterocycles. The van der Waals surface area contributed by atoms with Crippen molar-refractivity contribution in [3.8, 4) is 0 Å². The average molecular weight is 406 g/mol. The van der Waals surface area contributed by atoms with Crippen LogP contribution in [0, 0.1) is 19.7 Å². The number of benzene rings is 1. The fourth-order valence-electron chi connectivity index (χ4n) is 4.73. The number of carbonyl (C=O) groups is 1. The number of carbonyl (C=O) groups excluding carboxylic acids is 1. The summed E-state index contributed by atoms with van der Waals surface area (Å²) in [5.41, 5.74) is 4.73. The fourth-order valence-corrected chi connectivity index (χ4v) is 4.73. The van der Waals surface area contributed by atoms with Crippen molar-refractivity contribution >= 4 is 24.0 Å². The van der Waals surface area contributed by atoms with Gasteiger partial charge in [-0.25, -0.2) is 4.39 Å². The van der Waals surface area contributed by atoms with Crippen molar-refractivity contribution in [2.45, 2.75) is 65.0 Å². The molecule has 1 aliphatic heterocycles. The summed E-state index contributed by atoms with van der Waals surface area (Å²) in [6, 6.07) is 6.01. The average Bonchev–Trinajstić information content (AvgIpc) is 2.99. The number of fused-ring (bicyclic) bond motifs is 1. The van der Waals surface area contributed by atoms with Gasteiger partial charge in [0.05, 0.1) is 11.3 Å². The summed E-state index contributed by atoms with van der Waals surface area (Å²) in [6.45, 7) is 5.52. The zero-order valence-corrected chi connectivity index (χ0v) is 17.4. The largest absolute Gasteiger partial charge is 0.345 e. The van der Waals surface area contributed by atoms with Crippen LogP contribution in [0.4, 0.5) is 10.1 Å². The molecular weight excluding hydrogens is 377 g/mol. The van der Waals surface area contributed by atoms with E-state index in [-0.39, 0.29) is 29.8 Å². The van der Waals surface area contributed by atoms with Crippen molar-refractivity contribution in [2.24, 2.45) is 0 Å². The first-order valence-corrected chi connectivity index (χ1v) is 10.1. The Kier molecular flexibility index (Phi) is 6.46. The van der Waals surface area contributed by atoms with Crippen molar-refractivity contribution < 1.29 is 9.18 Å². The lowest BCUT2D eigenvalue weighted by Crippen LogP contribution is -2.25. The Balaban J connectivity index is 0.00000225. The normalized spacial score (nSPS) is 17.0. The van der Waals surface area contributed by atoms with E-state index in [1.807, 2.05) is 19.1 Å². The molecule has 0 saturated heterocycles. The molecule has 1 aromatic heterocycles. The molecule has 1 saturated carbocycles. The second kappa shape index (κ2) is 8.66. The Morgan fingerprint density at radius 3 is 2.71 bits per heavy atom. The van der Waals surface area contributed by atoms with E-state index in [4.69, 9.17) is 0 Å². The molecule has 1 amide bonds. The summed E-state index contributed by atoms with van der Waals surface area (Å²) in [5, 5.41) is 6.06. The lowest BCUT2D eigenvalue weighted by molar-refractivity contribution is 0.102. The van der Waals surface area contributed by atoms with Crippen LogP contribution in [0.3, 0.4) is 0 Å². The summed E-state index contributed by atoms with van der Waals surface area (Å²) in [4.78, 5) is 12.9. The number of nitrogens with one attached hydrogen (secondary N) is 2. The Hall–Kier alpha value is -1.85. The van der Waals surface area contributed by atoms with Gasteiger partial charge in [-0.2, -0.15) is 0 Å². The van der Waals surface area contributed by atoms with Crippen molar-refractivity contribution in [3.63, 3.8) is 0 Å². The minimum absolute atomic E-state index is 0. The van der Waals surface area contributed by atoms with E-state index in [1.165, 1.54) is 32.1 Å². The number of hydrogen-bond donors (Lipinski definition) is 2. The van der Waals surface area contributed by atoms with Crippen LogP contribution in [0.1, 0.15) is 71.0 Å². The molecule has 1 aliphatic carbocycles. The van der Waals surface area contributed by atoms with Gasteiger partial charge in [0.2, 0.25) is 0 Å². The Bertz CT molecular complexity index is 871. The molecule has 0 spiro atoms. The molecule has 2 N–H and O–H groups in total. The maximum atomic E-state index is 14.9. The van der Waals surface area contributed by atoms with Gasteiger partial charge in [-0.1, -0.05) is 25.3 Å². The molecule has 2 aromatic rings. The molecule has 6 heteroatoms. The lowest BCUT2D eigenvalue weighted by atomic mass is 9.95. The minimum atomic E-state index is -0.288. The number of aryl methyl sites for hydroxylation is 1. The van der Waals surface area contributed by atoms with E-state index >= 15 is 0 Å². The maximum absolute atomic E-state index is 14.9. The monoisotopic (exact) mass is 405 g/mol. The maximum Gasteiger partial charge on any atom is 0.257 e. The van der Waals surface area contributed by atoms with Gasteiger partial charge in [-0.15, -0.1) is 12.4 Å². The summed E-state index contributed by atoms with van der Waals surface area (Å²) in [6.07, 6.45) is 6.80. The number of hydrogen-bond acceptors (Lipinski definition) is 2. The van der Waals surface area contributed by atoms with E-state index in [1.54, 1.807) is 6.07 Å². The highest BCUT2D eigenvalue weighted by Crippen LogP contribution is 2.32. The smallest absolute Gasteiger partial charge is 0.257 e. The van der Waals surface area contributed by atoms with Crippen LogP contribution in [0.25, 0.3) is 0 Å². The number of halogens is 2. The van der Waals surface area contributed by atoms with Crippen molar-refractivity contribution in [1.82, 2.24) is 9.88 Å². The van der Waals surface area contributed by atoms with Crippen LogP contribution in [0.15, 0.2) is 18.2 Å². The predicted molar refractivity (Wildman–Crippen MR) is 113 cm³/mol. The first kappa shape index (κ1) is 20.9. The lowest BCUT2D eigenvalue weighted by Gasteiger charge is -2.26. The van der Waals surface area contributed by atoms with Gasteiger partial charge in [-0.3, -0.25) is 4.79 Å². The SMILES string of the molecule is Cc1cc(C(=O)Nc2ccc3c(c2F)CCNC3)c(C)n1C1CCCCC1.Cl. The standard InChI is InChI=1S/C22H28FN3O.ClH/c1-14-12-19(15(2)26(14)17-6-4-3-5-7-17)22(27)25-20-9-8-16-13-24-11-10-18(16)21(20)23;/h8-9,12,17,24H,3-7,10-11,13H2,1-2H3,(H,25,27);1H. The number of aromatic nitrogens is 1. The van der Waals surface area contributed by atoms with Gasteiger partial charge in [0.1, 0.15) is 5.82 Å². The highest BCUT2D eigenvalue weighted by molar-refractivity contribution is 6.05. The molecule has 28 heavy (non-hydrogen) atoms. The number of anilines is 1. The van der Waals surface area contributed by atoms with Crippen LogP contribution in [-0.2, 0) is 13.0 Å². The molecule has 0 unspecified atom stereocenters. The van der Waals surface area contributed by atoms with Crippen molar-refractivity contribution in [3.05, 3.63) is 52.1 Å².